The third kappa shape index (κ3) is 3.91. The lowest BCUT2D eigenvalue weighted by Gasteiger charge is -2.28. The van der Waals surface area contributed by atoms with Crippen LogP contribution in [0.2, 0.25) is 15.1 Å². The summed E-state index contributed by atoms with van der Waals surface area (Å²) in [5.74, 6) is -1.65. The summed E-state index contributed by atoms with van der Waals surface area (Å²) in [5.41, 5.74) is 0.314. The minimum absolute atomic E-state index is 0.0222. The van der Waals surface area contributed by atoms with Crippen molar-refractivity contribution >= 4 is 64.1 Å². The molecular weight excluding hydrogens is 451 g/mol. The SMILES string of the molecule is O=C(O)C1CSC(c2ccc(Cl)c(Cl)c2)N1C(=O)c1ccc([N+](=O)[O-])cc1Cl. The lowest BCUT2D eigenvalue weighted by molar-refractivity contribution is -0.384. The normalized spacial score (nSPS) is 18.9. The van der Waals surface area contributed by atoms with Crippen molar-refractivity contribution in [1.82, 2.24) is 4.90 Å². The van der Waals surface area contributed by atoms with E-state index < -0.39 is 28.2 Å². The molecule has 0 aliphatic carbocycles. The topological polar surface area (TPSA) is 101 Å². The lowest BCUT2D eigenvalue weighted by atomic mass is 10.1. The number of carbonyl (C=O) groups is 2. The predicted molar refractivity (Wildman–Crippen MR) is 107 cm³/mol. The number of amides is 1. The standard InChI is InChI=1S/C17H11Cl3N2O5S/c18-11-4-1-8(5-13(11)20)16-21(14(7-28-16)17(24)25)15(23)10-3-2-9(22(26)27)6-12(10)19/h1-6,14,16H,7H2,(H,24,25). The number of hydrogen-bond donors (Lipinski definition) is 1. The predicted octanol–water partition coefficient (Wildman–Crippen LogP) is 4.90. The lowest BCUT2D eigenvalue weighted by Crippen LogP contribution is -2.43. The van der Waals surface area contributed by atoms with E-state index in [0.717, 1.165) is 12.1 Å². The smallest absolute Gasteiger partial charge is 0.327 e. The van der Waals surface area contributed by atoms with Crippen LogP contribution in [0.25, 0.3) is 0 Å². The van der Waals surface area contributed by atoms with Crippen molar-refractivity contribution in [3.63, 3.8) is 0 Å². The van der Waals surface area contributed by atoms with Crippen molar-refractivity contribution in [2.45, 2.75) is 11.4 Å². The molecule has 2 aromatic carbocycles. The van der Waals surface area contributed by atoms with E-state index in [2.05, 4.69) is 0 Å². The van der Waals surface area contributed by atoms with Crippen LogP contribution < -0.4 is 0 Å². The second-order valence-electron chi connectivity index (χ2n) is 5.85. The first kappa shape index (κ1) is 20.7. The maximum Gasteiger partial charge on any atom is 0.327 e. The molecule has 0 radical (unpaired) electrons. The summed E-state index contributed by atoms with van der Waals surface area (Å²) < 4.78 is 0. The summed E-state index contributed by atoms with van der Waals surface area (Å²) in [4.78, 5) is 36.3. The molecule has 146 valence electrons. The first-order valence-corrected chi connectivity index (χ1v) is 9.95. The maximum atomic E-state index is 13.1. The third-order valence-corrected chi connectivity index (χ3v) is 6.52. The highest BCUT2D eigenvalue weighted by Gasteiger charge is 2.43. The average molecular weight is 462 g/mol. The molecule has 1 amide bonds. The summed E-state index contributed by atoms with van der Waals surface area (Å²) in [6.07, 6.45) is 0. The Labute approximate surface area is 178 Å². The van der Waals surface area contributed by atoms with Crippen molar-refractivity contribution in [2.75, 3.05) is 5.75 Å². The number of carbonyl (C=O) groups excluding carboxylic acids is 1. The van der Waals surface area contributed by atoms with Crippen molar-refractivity contribution in [2.24, 2.45) is 0 Å². The molecule has 2 aromatic rings. The fraction of sp³-hybridized carbons (Fsp3) is 0.176. The molecule has 3 rings (SSSR count). The molecule has 1 heterocycles. The van der Waals surface area contributed by atoms with Gasteiger partial charge in [0.2, 0.25) is 0 Å². The Kier molecular flexibility index (Phi) is 6.04. The molecule has 1 aliphatic rings. The molecule has 1 N–H and O–H groups in total. The van der Waals surface area contributed by atoms with E-state index >= 15 is 0 Å². The quantitative estimate of drug-likeness (QED) is 0.513. The number of halogens is 3. The number of rotatable bonds is 4. The van der Waals surface area contributed by atoms with E-state index in [0.29, 0.717) is 10.6 Å². The number of thioether (sulfide) groups is 1. The van der Waals surface area contributed by atoms with Crippen molar-refractivity contribution in [3.05, 3.63) is 72.7 Å². The third-order valence-electron chi connectivity index (χ3n) is 4.14. The summed E-state index contributed by atoms with van der Waals surface area (Å²) in [6, 6.07) is 7.13. The van der Waals surface area contributed by atoms with Crippen LogP contribution in [0.15, 0.2) is 36.4 Å². The highest BCUT2D eigenvalue weighted by atomic mass is 35.5. The number of nitro benzene ring substituents is 1. The van der Waals surface area contributed by atoms with Gasteiger partial charge in [0.1, 0.15) is 11.4 Å². The number of carboxylic acid groups (broad SMARTS) is 1. The van der Waals surface area contributed by atoms with E-state index in [9.17, 15) is 24.8 Å². The minimum Gasteiger partial charge on any atom is -0.480 e. The number of nitro groups is 1. The Morgan fingerprint density at radius 2 is 1.82 bits per heavy atom. The fourth-order valence-electron chi connectivity index (χ4n) is 2.80. The molecule has 2 unspecified atom stereocenters. The summed E-state index contributed by atoms with van der Waals surface area (Å²) in [5, 5.41) is 20.3. The number of aliphatic carboxylic acids is 1. The van der Waals surface area contributed by atoms with Crippen LogP contribution in [-0.2, 0) is 4.79 Å². The molecule has 1 saturated heterocycles. The maximum absolute atomic E-state index is 13.1. The first-order valence-electron chi connectivity index (χ1n) is 7.76. The molecule has 1 aliphatic heterocycles. The summed E-state index contributed by atoms with van der Waals surface area (Å²) >= 11 is 19.3. The van der Waals surface area contributed by atoms with Crippen LogP contribution in [0, 0.1) is 10.1 Å². The highest BCUT2D eigenvalue weighted by molar-refractivity contribution is 7.99. The average Bonchev–Trinajstić information content (AvgIpc) is 3.08. The number of carboxylic acids is 1. The number of benzene rings is 2. The van der Waals surface area contributed by atoms with Crippen molar-refractivity contribution < 1.29 is 19.6 Å². The Morgan fingerprint density at radius 3 is 2.39 bits per heavy atom. The second kappa shape index (κ2) is 8.16. The van der Waals surface area contributed by atoms with Crippen LogP contribution in [0.3, 0.4) is 0 Å². The van der Waals surface area contributed by atoms with Crippen LogP contribution in [0.4, 0.5) is 5.69 Å². The van der Waals surface area contributed by atoms with Gasteiger partial charge in [0.25, 0.3) is 11.6 Å². The van der Waals surface area contributed by atoms with Gasteiger partial charge in [-0.05, 0) is 23.8 Å². The van der Waals surface area contributed by atoms with E-state index in [4.69, 9.17) is 34.8 Å². The van der Waals surface area contributed by atoms with Crippen LogP contribution in [-0.4, -0.2) is 38.6 Å². The van der Waals surface area contributed by atoms with Gasteiger partial charge in [0.05, 0.1) is 25.6 Å². The summed E-state index contributed by atoms with van der Waals surface area (Å²) in [6.45, 7) is 0. The molecule has 0 bridgehead atoms. The van der Waals surface area contributed by atoms with E-state index in [-0.39, 0.29) is 27.0 Å². The zero-order valence-corrected chi connectivity index (χ0v) is 16.9. The van der Waals surface area contributed by atoms with Gasteiger partial charge in [-0.1, -0.05) is 40.9 Å². The summed E-state index contributed by atoms with van der Waals surface area (Å²) in [7, 11) is 0. The van der Waals surface area contributed by atoms with Gasteiger partial charge in [-0.25, -0.2) is 4.79 Å². The number of non-ortho nitro benzene ring substituents is 1. The van der Waals surface area contributed by atoms with Gasteiger partial charge in [-0.3, -0.25) is 14.9 Å². The molecule has 7 nitrogen and oxygen atoms in total. The van der Waals surface area contributed by atoms with Crippen molar-refractivity contribution in [1.29, 1.82) is 0 Å². The van der Waals surface area contributed by atoms with Gasteiger partial charge >= 0.3 is 5.97 Å². The largest absolute Gasteiger partial charge is 0.480 e. The molecule has 0 aromatic heterocycles. The van der Waals surface area contributed by atoms with Gasteiger partial charge in [-0.2, -0.15) is 0 Å². The van der Waals surface area contributed by atoms with Gasteiger partial charge < -0.3 is 10.0 Å². The van der Waals surface area contributed by atoms with Gasteiger partial charge in [-0.15, -0.1) is 11.8 Å². The molecule has 0 spiro atoms. The van der Waals surface area contributed by atoms with E-state index in [1.165, 1.54) is 22.7 Å². The number of hydrogen-bond acceptors (Lipinski definition) is 5. The van der Waals surface area contributed by atoms with Crippen molar-refractivity contribution in [3.8, 4) is 0 Å². The van der Waals surface area contributed by atoms with Gasteiger partial charge in [0.15, 0.2) is 0 Å². The molecular formula is C17H11Cl3N2O5S. The monoisotopic (exact) mass is 460 g/mol. The van der Waals surface area contributed by atoms with E-state index in [1.807, 2.05) is 0 Å². The zero-order valence-electron chi connectivity index (χ0n) is 13.8. The fourth-order valence-corrected chi connectivity index (χ4v) is 4.77. The minimum atomic E-state index is -1.17. The Hall–Kier alpha value is -2.00. The Morgan fingerprint density at radius 1 is 1.11 bits per heavy atom. The molecule has 1 fully saturated rings. The molecule has 28 heavy (non-hydrogen) atoms. The van der Waals surface area contributed by atoms with Crippen LogP contribution in [0.1, 0.15) is 21.3 Å². The van der Waals surface area contributed by atoms with E-state index in [1.54, 1.807) is 18.2 Å². The van der Waals surface area contributed by atoms with Gasteiger partial charge in [0, 0.05) is 17.9 Å². The number of nitrogens with zero attached hydrogens (tertiary/aromatic N) is 2. The molecule has 2 atom stereocenters. The van der Waals surface area contributed by atoms with Crippen LogP contribution >= 0.6 is 46.6 Å². The Balaban J connectivity index is 2.03. The highest BCUT2D eigenvalue weighted by Crippen LogP contribution is 2.44. The molecule has 11 heteroatoms. The first-order chi connectivity index (χ1) is 13.2. The second-order valence-corrected chi connectivity index (χ2v) is 8.18. The van der Waals surface area contributed by atoms with Crippen LogP contribution in [0.5, 0.6) is 0 Å². The molecule has 0 saturated carbocycles. The zero-order chi connectivity index (χ0) is 20.6. The Bertz CT molecular complexity index is 987.